The van der Waals surface area contributed by atoms with Gasteiger partial charge in [0.25, 0.3) is 5.91 Å². The van der Waals surface area contributed by atoms with E-state index in [1.165, 1.54) is 11.1 Å². The monoisotopic (exact) mass is 456 g/mol. The number of aromatic amines is 1. The van der Waals surface area contributed by atoms with Crippen LogP contribution in [0.15, 0.2) is 54.6 Å². The van der Waals surface area contributed by atoms with Crippen LogP contribution in [-0.2, 0) is 30.6 Å². The van der Waals surface area contributed by atoms with Crippen molar-refractivity contribution in [1.82, 2.24) is 20.0 Å². The molecule has 1 fully saturated rings. The lowest BCUT2D eigenvalue weighted by molar-refractivity contribution is -0.131. The van der Waals surface area contributed by atoms with Crippen LogP contribution in [0, 0.1) is 12.8 Å². The Balaban J connectivity index is 1.20. The first-order valence-electron chi connectivity index (χ1n) is 12.3. The summed E-state index contributed by atoms with van der Waals surface area (Å²) in [5, 5.41) is 7.46. The second-order valence-corrected chi connectivity index (χ2v) is 9.68. The fourth-order valence-electron chi connectivity index (χ4n) is 5.11. The highest BCUT2D eigenvalue weighted by atomic mass is 16.2. The van der Waals surface area contributed by atoms with Crippen LogP contribution >= 0.6 is 0 Å². The molecule has 0 unspecified atom stereocenters. The van der Waals surface area contributed by atoms with Crippen molar-refractivity contribution in [1.29, 1.82) is 0 Å². The number of aryl methyl sites for hydroxylation is 1. The van der Waals surface area contributed by atoms with Gasteiger partial charge in [-0.25, -0.2) is 0 Å². The minimum absolute atomic E-state index is 0.0107. The van der Waals surface area contributed by atoms with E-state index in [-0.39, 0.29) is 11.8 Å². The first-order valence-corrected chi connectivity index (χ1v) is 12.3. The topological polar surface area (TPSA) is 69.3 Å². The number of nitrogens with one attached hydrogen (secondary N) is 1. The molecule has 0 saturated carbocycles. The zero-order chi connectivity index (χ0) is 23.5. The molecule has 3 heterocycles. The number of aromatic nitrogens is 2. The summed E-state index contributed by atoms with van der Waals surface area (Å²) in [6.45, 7) is 4.66. The highest BCUT2D eigenvalue weighted by molar-refractivity contribution is 5.94. The van der Waals surface area contributed by atoms with E-state index in [0.717, 1.165) is 49.2 Å². The Bertz CT molecular complexity index is 1140. The number of piperidine rings is 1. The molecule has 2 aromatic carbocycles. The Kier molecular flexibility index (Phi) is 6.48. The van der Waals surface area contributed by atoms with E-state index in [1.807, 2.05) is 47.1 Å². The van der Waals surface area contributed by atoms with Gasteiger partial charge in [0.1, 0.15) is 0 Å². The van der Waals surface area contributed by atoms with Crippen molar-refractivity contribution in [2.45, 2.75) is 45.6 Å². The number of hydrogen-bond acceptors (Lipinski definition) is 3. The Morgan fingerprint density at radius 2 is 1.68 bits per heavy atom. The van der Waals surface area contributed by atoms with Gasteiger partial charge in [0.2, 0.25) is 5.91 Å². The maximum Gasteiger partial charge on any atom is 0.274 e. The molecule has 1 N–H and O–H groups in total. The van der Waals surface area contributed by atoms with Crippen molar-refractivity contribution in [2.75, 3.05) is 19.6 Å². The number of carbonyl (C=O) groups is 2. The number of amides is 2. The summed E-state index contributed by atoms with van der Waals surface area (Å²) in [5.74, 6) is 0.689. The van der Waals surface area contributed by atoms with E-state index < -0.39 is 0 Å². The molecule has 0 atom stereocenters. The van der Waals surface area contributed by atoms with E-state index in [4.69, 9.17) is 0 Å². The summed E-state index contributed by atoms with van der Waals surface area (Å²) in [6, 6.07) is 18.7. The summed E-state index contributed by atoms with van der Waals surface area (Å²) in [5.41, 5.74) is 5.93. The molecule has 2 aliphatic heterocycles. The molecule has 2 aliphatic rings. The molecule has 2 amide bonds. The molecule has 6 nitrogen and oxygen atoms in total. The SMILES string of the molecule is Cc1ccc(CC(=O)N2CCc3[nH]nc(C(=O)N4CCC(Cc5ccccc5)CC4)c3C2)cc1. The van der Waals surface area contributed by atoms with Gasteiger partial charge in [-0.2, -0.15) is 5.10 Å². The average molecular weight is 457 g/mol. The highest BCUT2D eigenvalue weighted by Gasteiger charge is 2.31. The number of likely N-dealkylation sites (tertiary alicyclic amines) is 1. The number of carbonyl (C=O) groups excluding carboxylic acids is 2. The molecule has 0 aliphatic carbocycles. The number of benzene rings is 2. The third-order valence-electron chi connectivity index (χ3n) is 7.23. The third kappa shape index (κ3) is 4.91. The van der Waals surface area contributed by atoms with Crippen LogP contribution in [0.3, 0.4) is 0 Å². The summed E-state index contributed by atoms with van der Waals surface area (Å²) in [6.07, 6.45) is 4.17. The van der Waals surface area contributed by atoms with Crippen LogP contribution < -0.4 is 0 Å². The second kappa shape index (κ2) is 9.84. The fourth-order valence-corrected chi connectivity index (χ4v) is 5.11. The number of rotatable bonds is 5. The first kappa shape index (κ1) is 22.4. The number of nitrogens with zero attached hydrogens (tertiary/aromatic N) is 3. The predicted molar refractivity (Wildman–Crippen MR) is 131 cm³/mol. The van der Waals surface area contributed by atoms with Crippen molar-refractivity contribution in [3.63, 3.8) is 0 Å². The second-order valence-electron chi connectivity index (χ2n) is 9.68. The molecule has 1 saturated heterocycles. The van der Waals surface area contributed by atoms with Crippen molar-refractivity contribution in [3.05, 3.63) is 88.2 Å². The molecule has 0 spiro atoms. The Hall–Kier alpha value is -3.41. The molecular formula is C28H32N4O2. The van der Waals surface area contributed by atoms with Gasteiger partial charge in [-0.05, 0) is 43.2 Å². The number of fused-ring (bicyclic) bond motifs is 1. The standard InChI is InChI=1S/C28H32N4O2/c1-20-7-9-22(10-8-20)18-26(33)32-16-13-25-24(19-32)27(30-29-25)28(34)31-14-11-23(12-15-31)17-21-5-3-2-4-6-21/h2-10,23H,11-19H2,1H3,(H,29,30). The van der Waals surface area contributed by atoms with E-state index in [9.17, 15) is 9.59 Å². The quantitative estimate of drug-likeness (QED) is 0.632. The normalized spacial score (nSPS) is 16.4. The molecule has 6 heteroatoms. The van der Waals surface area contributed by atoms with Crippen LogP contribution in [0.25, 0.3) is 0 Å². The van der Waals surface area contributed by atoms with Crippen LogP contribution in [-0.4, -0.2) is 51.4 Å². The molecule has 0 bridgehead atoms. The van der Waals surface area contributed by atoms with Gasteiger partial charge in [0.15, 0.2) is 5.69 Å². The third-order valence-corrected chi connectivity index (χ3v) is 7.23. The lowest BCUT2D eigenvalue weighted by atomic mass is 9.90. The number of H-pyrrole nitrogens is 1. The Morgan fingerprint density at radius 1 is 0.941 bits per heavy atom. The van der Waals surface area contributed by atoms with Gasteiger partial charge < -0.3 is 9.80 Å². The minimum Gasteiger partial charge on any atom is -0.338 e. The average Bonchev–Trinajstić information content (AvgIpc) is 3.29. The van der Waals surface area contributed by atoms with Crippen molar-refractivity contribution in [2.24, 2.45) is 5.92 Å². The Labute approximate surface area is 201 Å². The van der Waals surface area contributed by atoms with Gasteiger partial charge >= 0.3 is 0 Å². The van der Waals surface area contributed by atoms with E-state index in [1.54, 1.807) is 0 Å². The van der Waals surface area contributed by atoms with Crippen molar-refractivity contribution >= 4 is 11.8 Å². The van der Waals surface area contributed by atoms with Crippen LogP contribution in [0.4, 0.5) is 0 Å². The number of hydrogen-bond donors (Lipinski definition) is 1. The van der Waals surface area contributed by atoms with Gasteiger partial charge in [-0.15, -0.1) is 0 Å². The Morgan fingerprint density at radius 3 is 2.41 bits per heavy atom. The molecule has 0 radical (unpaired) electrons. The predicted octanol–water partition coefficient (Wildman–Crippen LogP) is 3.94. The summed E-state index contributed by atoms with van der Waals surface area (Å²) >= 11 is 0. The molecule has 34 heavy (non-hydrogen) atoms. The van der Waals surface area contributed by atoms with Gasteiger partial charge in [-0.3, -0.25) is 14.7 Å². The van der Waals surface area contributed by atoms with Gasteiger partial charge in [-0.1, -0.05) is 60.2 Å². The first-order chi connectivity index (χ1) is 16.6. The maximum atomic E-state index is 13.3. The summed E-state index contributed by atoms with van der Waals surface area (Å²) in [7, 11) is 0. The minimum atomic E-state index is -0.0107. The van der Waals surface area contributed by atoms with Crippen LogP contribution in [0.1, 0.15) is 51.3 Å². The van der Waals surface area contributed by atoms with E-state index in [2.05, 4.69) is 34.5 Å². The molecule has 1 aromatic heterocycles. The zero-order valence-electron chi connectivity index (χ0n) is 19.8. The fraction of sp³-hybridized carbons (Fsp3) is 0.393. The molecule has 3 aromatic rings. The zero-order valence-corrected chi connectivity index (χ0v) is 19.8. The molecular weight excluding hydrogens is 424 g/mol. The summed E-state index contributed by atoms with van der Waals surface area (Å²) in [4.78, 5) is 30.1. The molecule has 176 valence electrons. The molecule has 5 rings (SSSR count). The smallest absolute Gasteiger partial charge is 0.274 e. The van der Waals surface area contributed by atoms with E-state index >= 15 is 0 Å². The van der Waals surface area contributed by atoms with Crippen LogP contribution in [0.2, 0.25) is 0 Å². The summed E-state index contributed by atoms with van der Waals surface area (Å²) < 4.78 is 0. The van der Waals surface area contributed by atoms with Gasteiger partial charge in [0, 0.05) is 43.9 Å². The largest absolute Gasteiger partial charge is 0.338 e. The van der Waals surface area contributed by atoms with Crippen molar-refractivity contribution < 1.29 is 9.59 Å². The van der Waals surface area contributed by atoms with Crippen LogP contribution in [0.5, 0.6) is 0 Å². The highest BCUT2D eigenvalue weighted by Crippen LogP contribution is 2.26. The van der Waals surface area contributed by atoms with E-state index in [0.29, 0.717) is 37.5 Å². The van der Waals surface area contributed by atoms with Gasteiger partial charge in [0.05, 0.1) is 6.42 Å². The maximum absolute atomic E-state index is 13.3. The lowest BCUT2D eigenvalue weighted by Crippen LogP contribution is -2.41. The van der Waals surface area contributed by atoms with Crippen molar-refractivity contribution in [3.8, 4) is 0 Å². The lowest BCUT2D eigenvalue weighted by Gasteiger charge is -2.32.